The first-order valence-electron chi connectivity index (χ1n) is 16.1. The summed E-state index contributed by atoms with van der Waals surface area (Å²) in [6.07, 6.45) is 5.86. The molecule has 48 heavy (non-hydrogen) atoms. The van der Waals surface area contributed by atoms with Gasteiger partial charge < -0.3 is 24.3 Å². The molecule has 3 amide bonds. The number of ether oxygens (including phenoxy) is 1. The monoisotopic (exact) mass is 649 g/mol. The number of aromatic nitrogens is 3. The second kappa shape index (κ2) is 11.8. The molecule has 1 fully saturated rings. The van der Waals surface area contributed by atoms with Crippen molar-refractivity contribution in [1.82, 2.24) is 29.3 Å². The van der Waals surface area contributed by atoms with Crippen LogP contribution < -0.4 is 5.32 Å². The lowest BCUT2D eigenvalue weighted by atomic mass is 9.88. The van der Waals surface area contributed by atoms with E-state index in [4.69, 9.17) is 14.1 Å². The molecule has 4 aromatic heterocycles. The number of amides is 3. The molecule has 1 saturated heterocycles. The quantitative estimate of drug-likeness (QED) is 0.230. The van der Waals surface area contributed by atoms with E-state index in [9.17, 15) is 14.4 Å². The highest BCUT2D eigenvalue weighted by Crippen LogP contribution is 2.41. The van der Waals surface area contributed by atoms with E-state index in [1.807, 2.05) is 68.6 Å². The van der Waals surface area contributed by atoms with Gasteiger partial charge >= 0.3 is 6.09 Å². The molecule has 2 aliphatic rings. The van der Waals surface area contributed by atoms with Crippen LogP contribution in [0, 0.1) is 0 Å². The Hall–Kier alpha value is -5.23. The lowest BCUT2D eigenvalue weighted by molar-refractivity contribution is -0.132. The Morgan fingerprint density at radius 3 is 2.67 bits per heavy atom. The number of imide groups is 1. The summed E-state index contributed by atoms with van der Waals surface area (Å²) in [5.41, 5.74) is 5.88. The zero-order valence-corrected chi connectivity index (χ0v) is 28.0. The molecule has 5 aromatic rings. The third-order valence-electron chi connectivity index (χ3n) is 8.94. The van der Waals surface area contributed by atoms with Crippen LogP contribution in [0.4, 0.5) is 16.3 Å². The van der Waals surface area contributed by atoms with Crippen molar-refractivity contribution in [3.63, 3.8) is 0 Å². The fourth-order valence-electron chi connectivity index (χ4n) is 6.69. The summed E-state index contributed by atoms with van der Waals surface area (Å²) < 4.78 is 13.1. The third-order valence-corrected chi connectivity index (χ3v) is 8.94. The highest BCUT2D eigenvalue weighted by Gasteiger charge is 2.39. The van der Waals surface area contributed by atoms with Gasteiger partial charge in [-0.05, 0) is 88.2 Å². The number of hydrogen-bond acceptors (Lipinski definition) is 9. The van der Waals surface area contributed by atoms with Crippen LogP contribution in [0.1, 0.15) is 66.7 Å². The Bertz CT molecular complexity index is 2090. The van der Waals surface area contributed by atoms with Gasteiger partial charge in [-0.1, -0.05) is 12.1 Å². The molecule has 0 bridgehead atoms. The van der Waals surface area contributed by atoms with Gasteiger partial charge in [0.2, 0.25) is 5.91 Å². The van der Waals surface area contributed by atoms with Crippen molar-refractivity contribution in [1.29, 1.82) is 0 Å². The van der Waals surface area contributed by atoms with Crippen LogP contribution in [-0.4, -0.2) is 80.5 Å². The van der Waals surface area contributed by atoms with E-state index >= 15 is 0 Å². The first kappa shape index (κ1) is 31.4. The van der Waals surface area contributed by atoms with Crippen LogP contribution in [0.15, 0.2) is 59.5 Å². The number of nitrogens with zero attached hydrogens (tertiary/aromatic N) is 6. The fraction of sp³-hybridized carbons (Fsp3) is 0.361. The maximum atomic E-state index is 14.1. The number of furan rings is 1. The van der Waals surface area contributed by atoms with Crippen molar-refractivity contribution in [2.45, 2.75) is 58.2 Å². The van der Waals surface area contributed by atoms with Gasteiger partial charge in [0.05, 0.1) is 41.5 Å². The van der Waals surface area contributed by atoms with Gasteiger partial charge in [0, 0.05) is 43.7 Å². The Kier molecular flexibility index (Phi) is 7.70. The summed E-state index contributed by atoms with van der Waals surface area (Å²) in [7, 11) is 5.81. The smallest absolute Gasteiger partial charge is 0.417 e. The van der Waals surface area contributed by atoms with Crippen molar-refractivity contribution >= 4 is 45.9 Å². The summed E-state index contributed by atoms with van der Waals surface area (Å²) in [4.78, 5) is 50.0. The average Bonchev–Trinajstić information content (AvgIpc) is 3.75. The zero-order valence-electron chi connectivity index (χ0n) is 28.0. The molecule has 1 aromatic carbocycles. The Balaban J connectivity index is 1.31. The normalized spacial score (nSPS) is 16.8. The molecular weight excluding hydrogens is 610 g/mol. The van der Waals surface area contributed by atoms with E-state index in [0.717, 1.165) is 50.2 Å². The van der Waals surface area contributed by atoms with E-state index in [1.54, 1.807) is 42.6 Å². The zero-order chi connectivity index (χ0) is 33.9. The summed E-state index contributed by atoms with van der Waals surface area (Å²) in [6, 6.07) is 11.5. The molecule has 0 aliphatic carbocycles. The van der Waals surface area contributed by atoms with Crippen molar-refractivity contribution in [2.75, 3.05) is 33.0 Å². The van der Waals surface area contributed by atoms with Crippen molar-refractivity contribution in [3.8, 4) is 11.1 Å². The minimum absolute atomic E-state index is 0.0367. The molecule has 7 rings (SSSR count). The number of hydrogen-bond donors (Lipinski definition) is 1. The number of rotatable bonds is 6. The highest BCUT2D eigenvalue weighted by atomic mass is 16.6. The fourth-order valence-corrected chi connectivity index (χ4v) is 6.69. The molecule has 0 spiro atoms. The predicted octanol–water partition coefficient (Wildman–Crippen LogP) is 6.17. The maximum Gasteiger partial charge on any atom is 0.417 e. The van der Waals surface area contributed by atoms with Crippen LogP contribution >= 0.6 is 0 Å². The SMILES string of the molecule is CN(C)Cc1nc(Nc2ccc(-c3cnn4ccc5occc5c34)c3c2C(=O)N(C(=O)OC(C)(C)C)C3)ccc1C1CCN(C)C(=O)C1. The standard InChI is InChI=1S/C36H39N7O5/c1-36(2,3)48-35(46)42-19-26-23(25-18-37-43-15-12-29-24(33(25)43)13-16-47-29)7-9-27(32(26)34(42)45)38-30-10-8-22(28(39-30)20-40(4)5)21-11-14-41(6)31(44)17-21/h7-10,12-13,15-16,18,21H,11,14,17,19-20H2,1-6H3,(H,38,39). The molecule has 1 atom stereocenters. The van der Waals surface area contributed by atoms with Gasteiger partial charge in [-0.25, -0.2) is 19.2 Å². The summed E-state index contributed by atoms with van der Waals surface area (Å²) >= 11 is 0. The van der Waals surface area contributed by atoms with Crippen molar-refractivity contribution in [3.05, 3.63) is 77.4 Å². The Morgan fingerprint density at radius 2 is 1.92 bits per heavy atom. The minimum Gasteiger partial charge on any atom is -0.464 e. The third kappa shape index (κ3) is 5.66. The first-order chi connectivity index (χ1) is 22.9. The first-order valence-corrected chi connectivity index (χ1v) is 16.1. The van der Waals surface area contributed by atoms with E-state index in [-0.39, 0.29) is 18.4 Å². The number of nitrogens with one attached hydrogen (secondary N) is 1. The lowest BCUT2D eigenvalue weighted by Crippen LogP contribution is -2.37. The summed E-state index contributed by atoms with van der Waals surface area (Å²) in [6.45, 7) is 6.65. The van der Waals surface area contributed by atoms with Gasteiger partial charge in [-0.15, -0.1) is 0 Å². The molecule has 1 N–H and O–H groups in total. The summed E-state index contributed by atoms with van der Waals surface area (Å²) in [5, 5.41) is 8.87. The molecule has 12 heteroatoms. The Morgan fingerprint density at radius 1 is 1.10 bits per heavy atom. The number of carbonyl (C=O) groups is 3. The number of anilines is 2. The van der Waals surface area contributed by atoms with Gasteiger partial charge in [0.1, 0.15) is 17.0 Å². The predicted molar refractivity (Wildman–Crippen MR) is 181 cm³/mol. The maximum absolute atomic E-state index is 14.1. The number of pyridine rings is 2. The van der Waals surface area contributed by atoms with Gasteiger partial charge in [-0.3, -0.25) is 9.59 Å². The van der Waals surface area contributed by atoms with E-state index in [2.05, 4.69) is 10.4 Å². The highest BCUT2D eigenvalue weighted by molar-refractivity contribution is 6.13. The molecular formula is C36H39N7O5. The second-order valence-corrected chi connectivity index (χ2v) is 13.9. The molecule has 1 unspecified atom stereocenters. The number of benzene rings is 1. The minimum atomic E-state index is -0.780. The molecule has 12 nitrogen and oxygen atoms in total. The van der Waals surface area contributed by atoms with Gasteiger partial charge in [-0.2, -0.15) is 5.10 Å². The van der Waals surface area contributed by atoms with Crippen LogP contribution in [0.25, 0.3) is 27.6 Å². The Labute approximate surface area is 278 Å². The molecule has 6 heterocycles. The topological polar surface area (TPSA) is 126 Å². The second-order valence-electron chi connectivity index (χ2n) is 13.9. The lowest BCUT2D eigenvalue weighted by Gasteiger charge is -2.30. The van der Waals surface area contributed by atoms with E-state index < -0.39 is 17.6 Å². The molecule has 248 valence electrons. The number of fused-ring (bicyclic) bond motifs is 4. The van der Waals surface area contributed by atoms with Crippen LogP contribution in [0.3, 0.4) is 0 Å². The molecule has 0 radical (unpaired) electrons. The van der Waals surface area contributed by atoms with Gasteiger partial charge in [0.25, 0.3) is 5.91 Å². The van der Waals surface area contributed by atoms with E-state index in [1.165, 1.54) is 0 Å². The van der Waals surface area contributed by atoms with Crippen molar-refractivity contribution in [2.24, 2.45) is 0 Å². The average molecular weight is 650 g/mol. The van der Waals surface area contributed by atoms with Crippen molar-refractivity contribution < 1.29 is 23.5 Å². The number of carbonyl (C=O) groups excluding carboxylic acids is 3. The van der Waals surface area contributed by atoms with E-state index in [0.29, 0.717) is 42.1 Å². The number of likely N-dealkylation sites (tertiary alicyclic amines) is 1. The largest absolute Gasteiger partial charge is 0.464 e. The summed E-state index contributed by atoms with van der Waals surface area (Å²) in [5.74, 6) is 0.325. The molecule has 0 saturated carbocycles. The van der Waals surface area contributed by atoms with Gasteiger partial charge in [0.15, 0.2) is 0 Å². The van der Waals surface area contributed by atoms with Crippen LogP contribution in [0.2, 0.25) is 0 Å². The number of piperidine rings is 1. The van der Waals surface area contributed by atoms with Crippen LogP contribution in [-0.2, 0) is 22.6 Å². The van der Waals surface area contributed by atoms with Crippen LogP contribution in [0.5, 0.6) is 0 Å². The molecule has 2 aliphatic heterocycles.